The Morgan fingerprint density at radius 3 is 2.28 bits per heavy atom. The molecule has 0 bridgehead atoms. The van der Waals surface area contributed by atoms with E-state index < -0.39 is 24.0 Å². The molecule has 0 unspecified atom stereocenters. The minimum atomic E-state index is -0.645. The largest absolute Gasteiger partial charge is 0.463 e. The highest BCUT2D eigenvalue weighted by Gasteiger charge is 2.40. The lowest BCUT2D eigenvalue weighted by molar-refractivity contribution is -0.158. The lowest BCUT2D eigenvalue weighted by Gasteiger charge is -2.19. The van der Waals surface area contributed by atoms with Crippen LogP contribution in [0, 0.1) is 0 Å². The van der Waals surface area contributed by atoms with Crippen LogP contribution in [0.25, 0.3) is 11.2 Å². The van der Waals surface area contributed by atoms with E-state index in [0.29, 0.717) is 19.3 Å². The Morgan fingerprint density at radius 2 is 1.62 bits per heavy atom. The summed E-state index contributed by atoms with van der Waals surface area (Å²) in [6, 6.07) is 0. The molecule has 0 spiro atoms. The molecule has 1 aliphatic rings. The number of ether oxygens (including phenoxy) is 3. The highest BCUT2D eigenvalue weighted by molar-refractivity contribution is 5.71. The Hall–Kier alpha value is -2.95. The van der Waals surface area contributed by atoms with Gasteiger partial charge in [-0.2, -0.15) is 4.98 Å². The maximum Gasteiger partial charge on any atom is 0.306 e. The van der Waals surface area contributed by atoms with E-state index in [1.54, 1.807) is 4.57 Å². The smallest absolute Gasteiger partial charge is 0.306 e. The second kappa shape index (κ2) is 16.2. The molecule has 11 nitrogen and oxygen atoms in total. The van der Waals surface area contributed by atoms with Gasteiger partial charge < -0.3 is 19.9 Å². The van der Waals surface area contributed by atoms with E-state index >= 15 is 0 Å². The monoisotopic (exact) mass is 547 g/mol. The summed E-state index contributed by atoms with van der Waals surface area (Å²) in [5.41, 5.74) is 5.70. The van der Waals surface area contributed by atoms with Gasteiger partial charge in [0.2, 0.25) is 5.95 Å². The number of aromatic amines is 1. The van der Waals surface area contributed by atoms with Crippen molar-refractivity contribution in [2.24, 2.45) is 0 Å². The number of unbranched alkanes of at least 4 members (excludes halogenated alkanes) is 10. The Kier molecular flexibility index (Phi) is 12.7. The lowest BCUT2D eigenvalue weighted by Crippen LogP contribution is -2.32. The molecule has 0 radical (unpaired) electrons. The predicted octanol–water partition coefficient (Wildman–Crippen LogP) is 4.95. The fraction of sp³-hybridized carbons (Fsp3) is 0.750. The third-order valence-corrected chi connectivity index (χ3v) is 7.10. The van der Waals surface area contributed by atoms with Crippen LogP contribution in [-0.2, 0) is 23.8 Å². The van der Waals surface area contributed by atoms with E-state index in [1.165, 1.54) is 44.9 Å². The third-order valence-electron chi connectivity index (χ3n) is 7.10. The van der Waals surface area contributed by atoms with Crippen LogP contribution < -0.4 is 11.3 Å². The van der Waals surface area contributed by atoms with Gasteiger partial charge >= 0.3 is 11.9 Å². The van der Waals surface area contributed by atoms with Gasteiger partial charge in [0.25, 0.3) is 5.56 Å². The van der Waals surface area contributed by atoms with Crippen LogP contribution in [-0.4, -0.2) is 50.3 Å². The maximum atomic E-state index is 12.6. The molecular formula is C28H45N5O6. The number of fused-ring (bicyclic) bond motifs is 1. The number of rotatable bonds is 18. The van der Waals surface area contributed by atoms with Gasteiger partial charge in [-0.1, -0.05) is 78.1 Å². The fourth-order valence-electron chi connectivity index (χ4n) is 4.87. The van der Waals surface area contributed by atoms with E-state index in [1.807, 2.05) is 0 Å². The average Bonchev–Trinajstić information content (AvgIpc) is 3.51. The van der Waals surface area contributed by atoms with Crippen LogP contribution in [0.4, 0.5) is 5.95 Å². The van der Waals surface area contributed by atoms with Crippen LogP contribution in [0.15, 0.2) is 11.1 Å². The highest BCUT2D eigenvalue weighted by atomic mass is 16.6. The maximum absolute atomic E-state index is 12.6. The molecule has 1 fully saturated rings. The molecule has 11 heteroatoms. The number of nitrogens with one attached hydrogen (secondary N) is 1. The Morgan fingerprint density at radius 1 is 1.00 bits per heavy atom. The van der Waals surface area contributed by atoms with Gasteiger partial charge in [-0.05, 0) is 12.8 Å². The van der Waals surface area contributed by atoms with Gasteiger partial charge in [-0.25, -0.2) is 4.98 Å². The van der Waals surface area contributed by atoms with Crippen LogP contribution in [0.2, 0.25) is 0 Å². The number of esters is 2. The summed E-state index contributed by atoms with van der Waals surface area (Å²) in [5.74, 6) is -0.615. The third kappa shape index (κ3) is 9.63. The van der Waals surface area contributed by atoms with Crippen molar-refractivity contribution in [1.29, 1.82) is 0 Å². The van der Waals surface area contributed by atoms with E-state index in [9.17, 15) is 14.4 Å². The van der Waals surface area contributed by atoms with E-state index in [2.05, 4.69) is 28.8 Å². The molecule has 0 amide bonds. The number of aromatic nitrogens is 4. The second-order valence-corrected chi connectivity index (χ2v) is 10.4. The summed E-state index contributed by atoms with van der Waals surface area (Å²) < 4.78 is 19.1. The molecule has 3 atom stereocenters. The van der Waals surface area contributed by atoms with Gasteiger partial charge in [0.1, 0.15) is 25.0 Å². The molecule has 2 aromatic heterocycles. The SMILES string of the molecule is CCCCCCCCC(=O)OC[C@H]1O[C@@H](n2cnc3c(=O)[nH]c(N)nc32)C[C@@H]1OC(=O)CCCCCCCC. The molecule has 3 heterocycles. The van der Waals surface area contributed by atoms with Crippen LogP contribution in [0.3, 0.4) is 0 Å². The van der Waals surface area contributed by atoms with Crippen LogP contribution in [0.1, 0.15) is 116 Å². The number of nitrogens with zero attached hydrogens (tertiary/aromatic N) is 3. The molecular weight excluding hydrogens is 502 g/mol. The first-order valence-electron chi connectivity index (χ1n) is 14.7. The molecule has 2 aromatic rings. The van der Waals surface area contributed by atoms with Gasteiger partial charge in [-0.15, -0.1) is 0 Å². The van der Waals surface area contributed by atoms with Crippen LogP contribution >= 0.6 is 0 Å². The van der Waals surface area contributed by atoms with Crippen molar-refractivity contribution in [3.05, 3.63) is 16.7 Å². The molecule has 0 saturated carbocycles. The van der Waals surface area contributed by atoms with Crippen molar-refractivity contribution >= 4 is 29.1 Å². The van der Waals surface area contributed by atoms with Crippen LogP contribution in [0.5, 0.6) is 0 Å². The average molecular weight is 548 g/mol. The number of H-pyrrole nitrogens is 1. The number of nitrogen functional groups attached to an aromatic ring is 1. The van der Waals surface area contributed by atoms with Crippen molar-refractivity contribution in [3.63, 3.8) is 0 Å². The standard InChI is InChI=1S/C28H45N5O6/c1-3-5-7-9-11-13-15-23(34)37-18-21-20(39-24(35)16-14-12-10-8-6-4-2)17-22(38-21)33-19-30-25-26(33)31-28(29)32-27(25)36/h19-22H,3-18H2,1-2H3,(H3,29,31,32,36)/t20-,21+,22+/m0/s1. The number of carbonyl (C=O) groups excluding carboxylic acids is 2. The minimum Gasteiger partial charge on any atom is -0.463 e. The van der Waals surface area contributed by atoms with Gasteiger partial charge in [0, 0.05) is 19.3 Å². The molecule has 218 valence electrons. The van der Waals surface area contributed by atoms with Crippen molar-refractivity contribution < 1.29 is 23.8 Å². The molecule has 0 aromatic carbocycles. The Balaban J connectivity index is 1.58. The molecule has 39 heavy (non-hydrogen) atoms. The van der Waals surface area contributed by atoms with E-state index in [4.69, 9.17) is 19.9 Å². The topological polar surface area (TPSA) is 151 Å². The van der Waals surface area contributed by atoms with Gasteiger partial charge in [-0.3, -0.25) is 23.9 Å². The summed E-state index contributed by atoms with van der Waals surface area (Å²) >= 11 is 0. The van der Waals surface area contributed by atoms with Crippen molar-refractivity contribution in [3.8, 4) is 0 Å². The normalized spacial score (nSPS) is 19.0. The number of anilines is 1. The van der Waals surface area contributed by atoms with Crippen molar-refractivity contribution in [2.75, 3.05) is 12.3 Å². The number of carbonyl (C=O) groups is 2. The Labute approximate surface area is 230 Å². The molecule has 1 saturated heterocycles. The van der Waals surface area contributed by atoms with Crippen molar-refractivity contribution in [1.82, 2.24) is 19.5 Å². The first kappa shape index (κ1) is 30.6. The Bertz CT molecular complexity index is 1100. The number of hydrogen-bond acceptors (Lipinski definition) is 9. The lowest BCUT2D eigenvalue weighted by atomic mass is 10.1. The zero-order chi connectivity index (χ0) is 28.0. The second-order valence-electron chi connectivity index (χ2n) is 10.4. The van der Waals surface area contributed by atoms with E-state index in [-0.39, 0.29) is 35.7 Å². The minimum absolute atomic E-state index is 0.0249. The number of nitrogens with two attached hydrogens (primary N) is 1. The molecule has 3 N–H and O–H groups in total. The first-order chi connectivity index (χ1) is 18.9. The predicted molar refractivity (Wildman–Crippen MR) is 148 cm³/mol. The zero-order valence-electron chi connectivity index (χ0n) is 23.5. The summed E-state index contributed by atoms with van der Waals surface area (Å²) in [5, 5.41) is 0. The summed E-state index contributed by atoms with van der Waals surface area (Å²) in [6.07, 6.45) is 13.5. The quantitative estimate of drug-likeness (QED) is 0.195. The number of hydrogen-bond donors (Lipinski definition) is 2. The molecule has 3 rings (SSSR count). The highest BCUT2D eigenvalue weighted by Crippen LogP contribution is 2.33. The summed E-state index contributed by atoms with van der Waals surface area (Å²) in [6.45, 7) is 4.32. The number of imidazole rings is 1. The van der Waals surface area contributed by atoms with Crippen molar-refractivity contribution in [2.45, 2.75) is 129 Å². The van der Waals surface area contributed by atoms with E-state index in [0.717, 1.165) is 38.5 Å². The van der Waals surface area contributed by atoms with Gasteiger partial charge in [0.05, 0.1) is 6.33 Å². The first-order valence-corrected chi connectivity index (χ1v) is 14.7. The molecule has 1 aliphatic heterocycles. The summed E-state index contributed by atoms with van der Waals surface area (Å²) in [7, 11) is 0. The fourth-order valence-corrected chi connectivity index (χ4v) is 4.87. The molecule has 0 aliphatic carbocycles. The zero-order valence-corrected chi connectivity index (χ0v) is 23.5. The summed E-state index contributed by atoms with van der Waals surface area (Å²) in [4.78, 5) is 48.0. The van der Waals surface area contributed by atoms with Gasteiger partial charge in [0.15, 0.2) is 11.2 Å².